The number of benzene rings is 1. The van der Waals surface area contributed by atoms with Crippen molar-refractivity contribution in [3.05, 3.63) is 47.5 Å². The normalized spacial score (nSPS) is 20.1. The molecule has 0 spiro atoms. The largest absolute Gasteiger partial charge is 0.266 e. The summed E-state index contributed by atoms with van der Waals surface area (Å²) in [6.07, 6.45) is 15.6. The van der Waals surface area contributed by atoms with Gasteiger partial charge in [0.25, 0.3) is 6.08 Å². The van der Waals surface area contributed by atoms with Gasteiger partial charge >= 0.3 is 0 Å². The van der Waals surface area contributed by atoms with Gasteiger partial charge in [-0.05, 0) is 67.6 Å². The molecule has 1 fully saturated rings. The van der Waals surface area contributed by atoms with Crippen molar-refractivity contribution in [1.29, 1.82) is 0 Å². The Hall–Kier alpha value is -1.18. The fraction of sp³-hybridized carbons (Fsp3) is 0.667. The zero-order valence-corrected chi connectivity index (χ0v) is 16.5. The van der Waals surface area contributed by atoms with Gasteiger partial charge in [0, 0.05) is 0 Å². The molecule has 146 valence electrons. The summed E-state index contributed by atoms with van der Waals surface area (Å²) in [4.78, 5) is 0. The van der Waals surface area contributed by atoms with E-state index in [0.29, 0.717) is 5.92 Å². The van der Waals surface area contributed by atoms with E-state index in [2.05, 4.69) is 31.2 Å². The van der Waals surface area contributed by atoms with E-state index in [4.69, 9.17) is 0 Å². The standard InChI is InChI=1S/C24H36F2/c1-2-3-4-5-6-7-8-9-10-20-11-15-22(16-12-20)23-17-13-21(14-18-23)19-24(25)26/h11-12,15-16,19,21,23H,2-10,13-14,17-18H2,1H3. The van der Waals surface area contributed by atoms with Crippen molar-refractivity contribution in [3.63, 3.8) is 0 Å². The van der Waals surface area contributed by atoms with E-state index < -0.39 is 6.08 Å². The first-order valence-corrected chi connectivity index (χ1v) is 10.8. The van der Waals surface area contributed by atoms with Gasteiger partial charge in [-0.1, -0.05) is 76.1 Å². The molecule has 1 aliphatic rings. The highest BCUT2D eigenvalue weighted by molar-refractivity contribution is 5.26. The molecule has 2 rings (SSSR count). The van der Waals surface area contributed by atoms with Gasteiger partial charge in [0.15, 0.2) is 0 Å². The zero-order valence-electron chi connectivity index (χ0n) is 16.5. The predicted molar refractivity (Wildman–Crippen MR) is 108 cm³/mol. The van der Waals surface area contributed by atoms with Crippen molar-refractivity contribution < 1.29 is 8.78 Å². The predicted octanol–water partition coefficient (Wildman–Crippen LogP) is 8.42. The summed E-state index contributed by atoms with van der Waals surface area (Å²) in [6, 6.07) is 9.11. The molecule has 0 N–H and O–H groups in total. The molecule has 0 aromatic heterocycles. The first-order valence-electron chi connectivity index (χ1n) is 10.8. The van der Waals surface area contributed by atoms with Crippen LogP contribution in [-0.2, 0) is 6.42 Å². The maximum Gasteiger partial charge on any atom is 0.266 e. The summed E-state index contributed by atoms with van der Waals surface area (Å²) < 4.78 is 24.7. The summed E-state index contributed by atoms with van der Waals surface area (Å²) in [5, 5.41) is 0. The highest BCUT2D eigenvalue weighted by Crippen LogP contribution is 2.36. The van der Waals surface area contributed by atoms with Crippen molar-refractivity contribution in [1.82, 2.24) is 0 Å². The van der Waals surface area contributed by atoms with Gasteiger partial charge < -0.3 is 0 Å². The second kappa shape index (κ2) is 12.3. The lowest BCUT2D eigenvalue weighted by Crippen LogP contribution is -2.11. The third-order valence-corrected chi connectivity index (χ3v) is 5.90. The number of rotatable bonds is 11. The second-order valence-electron chi connectivity index (χ2n) is 8.03. The van der Waals surface area contributed by atoms with Gasteiger partial charge in [0.05, 0.1) is 0 Å². The summed E-state index contributed by atoms with van der Waals surface area (Å²) in [6.45, 7) is 2.27. The van der Waals surface area contributed by atoms with E-state index in [1.807, 2.05) is 0 Å². The van der Waals surface area contributed by atoms with Crippen LogP contribution in [-0.4, -0.2) is 0 Å². The number of aryl methyl sites for hydroxylation is 1. The molecule has 0 saturated heterocycles. The topological polar surface area (TPSA) is 0 Å². The minimum atomic E-state index is -1.52. The molecule has 26 heavy (non-hydrogen) atoms. The van der Waals surface area contributed by atoms with E-state index in [9.17, 15) is 8.78 Å². The number of hydrogen-bond donors (Lipinski definition) is 0. The monoisotopic (exact) mass is 362 g/mol. The number of halogens is 2. The Morgan fingerprint density at radius 1 is 0.846 bits per heavy atom. The van der Waals surface area contributed by atoms with Crippen LogP contribution >= 0.6 is 0 Å². The second-order valence-corrected chi connectivity index (χ2v) is 8.03. The molecule has 1 aromatic carbocycles. The van der Waals surface area contributed by atoms with Gasteiger partial charge in [-0.3, -0.25) is 0 Å². The average Bonchev–Trinajstić information content (AvgIpc) is 2.65. The van der Waals surface area contributed by atoms with Gasteiger partial charge in [-0.2, -0.15) is 8.78 Å². The minimum absolute atomic E-state index is 0.0810. The molecular formula is C24H36F2. The van der Waals surface area contributed by atoms with Crippen molar-refractivity contribution in [3.8, 4) is 0 Å². The molecule has 1 saturated carbocycles. The molecule has 0 heterocycles. The third-order valence-electron chi connectivity index (χ3n) is 5.90. The highest BCUT2D eigenvalue weighted by Gasteiger charge is 2.21. The summed E-state index contributed by atoms with van der Waals surface area (Å²) in [7, 11) is 0. The molecule has 1 aliphatic carbocycles. The summed E-state index contributed by atoms with van der Waals surface area (Å²) in [5.74, 6) is 0.636. The van der Waals surface area contributed by atoms with Crippen LogP contribution in [0.1, 0.15) is 101 Å². The van der Waals surface area contributed by atoms with E-state index in [1.165, 1.54) is 68.9 Å². The smallest absolute Gasteiger partial charge is 0.174 e. The fourth-order valence-corrected chi connectivity index (χ4v) is 4.22. The van der Waals surface area contributed by atoms with Crippen molar-refractivity contribution in [2.75, 3.05) is 0 Å². The molecule has 0 amide bonds. The summed E-state index contributed by atoms with van der Waals surface area (Å²) in [5.41, 5.74) is 2.84. The Kier molecular flexibility index (Phi) is 9.95. The Morgan fingerprint density at radius 3 is 2.00 bits per heavy atom. The molecular weight excluding hydrogens is 326 g/mol. The van der Waals surface area contributed by atoms with Crippen LogP contribution in [0.4, 0.5) is 8.78 Å². The Morgan fingerprint density at radius 2 is 1.42 bits per heavy atom. The van der Waals surface area contributed by atoms with Crippen LogP contribution in [0.15, 0.2) is 36.4 Å². The molecule has 2 heteroatoms. The first-order chi connectivity index (χ1) is 12.7. The van der Waals surface area contributed by atoms with Crippen LogP contribution in [0.3, 0.4) is 0 Å². The van der Waals surface area contributed by atoms with Crippen LogP contribution < -0.4 is 0 Å². The minimum Gasteiger partial charge on any atom is -0.174 e. The molecule has 0 unspecified atom stereocenters. The van der Waals surface area contributed by atoms with Crippen molar-refractivity contribution >= 4 is 0 Å². The quantitative estimate of drug-likeness (QED) is 0.346. The van der Waals surface area contributed by atoms with Gasteiger partial charge in [-0.15, -0.1) is 0 Å². The van der Waals surface area contributed by atoms with Crippen molar-refractivity contribution in [2.24, 2.45) is 5.92 Å². The molecule has 0 atom stereocenters. The third kappa shape index (κ3) is 8.01. The van der Waals surface area contributed by atoms with Crippen LogP contribution in [0.2, 0.25) is 0 Å². The first kappa shape index (κ1) is 21.1. The van der Waals surface area contributed by atoms with Crippen LogP contribution in [0.25, 0.3) is 0 Å². The Balaban J connectivity index is 1.63. The zero-order chi connectivity index (χ0) is 18.6. The van der Waals surface area contributed by atoms with E-state index in [0.717, 1.165) is 31.8 Å². The van der Waals surface area contributed by atoms with Gasteiger partial charge in [0.1, 0.15) is 0 Å². The van der Waals surface area contributed by atoms with Crippen LogP contribution in [0.5, 0.6) is 0 Å². The lowest BCUT2D eigenvalue weighted by molar-refractivity contribution is 0.351. The van der Waals surface area contributed by atoms with E-state index in [1.54, 1.807) is 0 Å². The van der Waals surface area contributed by atoms with E-state index in [-0.39, 0.29) is 5.92 Å². The van der Waals surface area contributed by atoms with Crippen LogP contribution in [0, 0.1) is 5.92 Å². The average molecular weight is 363 g/mol. The maximum atomic E-state index is 12.4. The molecule has 0 nitrogen and oxygen atoms in total. The Labute approximate surface area is 159 Å². The van der Waals surface area contributed by atoms with Crippen molar-refractivity contribution in [2.45, 2.75) is 96.3 Å². The summed E-state index contributed by atoms with van der Waals surface area (Å²) >= 11 is 0. The van der Waals surface area contributed by atoms with Gasteiger partial charge in [-0.25, -0.2) is 0 Å². The number of hydrogen-bond acceptors (Lipinski definition) is 0. The lowest BCUT2D eigenvalue weighted by atomic mass is 9.78. The molecule has 1 aromatic rings. The SMILES string of the molecule is CCCCCCCCCCc1ccc(C2CCC(C=C(F)F)CC2)cc1. The molecule has 0 aliphatic heterocycles. The van der Waals surface area contributed by atoms with Gasteiger partial charge in [0.2, 0.25) is 0 Å². The maximum absolute atomic E-state index is 12.4. The fourth-order valence-electron chi connectivity index (χ4n) is 4.22. The number of allylic oxidation sites excluding steroid dienone is 1. The Bertz CT molecular complexity index is 506. The highest BCUT2D eigenvalue weighted by atomic mass is 19.3. The molecule has 0 bridgehead atoms. The molecule has 0 radical (unpaired) electrons. The number of unbranched alkanes of at least 4 members (excludes halogenated alkanes) is 7. The lowest BCUT2D eigenvalue weighted by Gasteiger charge is -2.27. The van der Waals surface area contributed by atoms with E-state index >= 15 is 0 Å².